The van der Waals surface area contributed by atoms with Gasteiger partial charge in [0, 0.05) is 4.90 Å². The van der Waals surface area contributed by atoms with Crippen molar-refractivity contribution in [1.82, 2.24) is 0 Å². The van der Waals surface area contributed by atoms with Crippen LogP contribution in [0.5, 0.6) is 11.5 Å². The molecule has 168 valence electrons. The lowest BCUT2D eigenvalue weighted by Crippen LogP contribution is -2.34. The molecule has 0 aromatic heterocycles. The Kier molecular flexibility index (Phi) is 8.70. The number of carbonyl (C=O) groups excluding carboxylic acids is 4. The second kappa shape index (κ2) is 11.2. The minimum atomic E-state index is -1.60. The molecule has 2 amide bonds. The fourth-order valence-corrected chi connectivity index (χ4v) is 3.03. The van der Waals surface area contributed by atoms with Crippen molar-refractivity contribution in [3.05, 3.63) is 46.4 Å². The standard InChI is InChI=1S/C18H14Cl2N4O7S/c1-32-10-4-2-9(3-5-10)29-14-11(19)6-8(7-12(14)20)23-24-13(15(25)30-17(21)27)16(26)31-18(22)28/h2-7,23H,1H3,(H2,21,27)(H2,22,28). The molecule has 32 heavy (non-hydrogen) atoms. The molecule has 0 radical (unpaired) electrons. The van der Waals surface area contributed by atoms with Gasteiger partial charge in [0.15, 0.2) is 5.75 Å². The first-order chi connectivity index (χ1) is 15.1. The molecule has 0 saturated heterocycles. The first-order valence-corrected chi connectivity index (χ1v) is 10.3. The number of benzene rings is 2. The predicted molar refractivity (Wildman–Crippen MR) is 117 cm³/mol. The van der Waals surface area contributed by atoms with E-state index in [2.05, 4.69) is 20.0 Å². The molecule has 5 N–H and O–H groups in total. The smallest absolute Gasteiger partial charge is 0.412 e. The van der Waals surface area contributed by atoms with Gasteiger partial charge in [-0.25, -0.2) is 19.2 Å². The SMILES string of the molecule is CSc1ccc(Oc2c(Cl)cc(NN=C(C(=O)OC(N)=O)C(=O)OC(N)=O)cc2Cl)cc1. The maximum Gasteiger partial charge on any atom is 0.412 e. The van der Waals surface area contributed by atoms with Crippen LogP contribution in [0.4, 0.5) is 15.3 Å². The molecule has 0 atom stereocenters. The summed E-state index contributed by atoms with van der Waals surface area (Å²) in [6, 6.07) is 9.80. The zero-order chi connectivity index (χ0) is 23.8. The first-order valence-electron chi connectivity index (χ1n) is 8.28. The summed E-state index contributed by atoms with van der Waals surface area (Å²) >= 11 is 14.0. The van der Waals surface area contributed by atoms with Gasteiger partial charge in [-0.1, -0.05) is 23.2 Å². The molecule has 2 aromatic rings. The zero-order valence-electron chi connectivity index (χ0n) is 16.1. The second-order valence-corrected chi connectivity index (χ2v) is 7.23. The van der Waals surface area contributed by atoms with Crippen LogP contribution in [0.15, 0.2) is 46.4 Å². The Hall–Kier alpha value is -3.48. The maximum absolute atomic E-state index is 11.8. The van der Waals surface area contributed by atoms with E-state index >= 15 is 0 Å². The van der Waals surface area contributed by atoms with Crippen LogP contribution in [-0.4, -0.2) is 36.1 Å². The van der Waals surface area contributed by atoms with Crippen LogP contribution >= 0.6 is 35.0 Å². The van der Waals surface area contributed by atoms with Gasteiger partial charge < -0.3 is 25.7 Å². The molecule has 14 heteroatoms. The molecule has 0 bridgehead atoms. The molecule has 2 aromatic carbocycles. The monoisotopic (exact) mass is 500 g/mol. The van der Waals surface area contributed by atoms with E-state index in [0.29, 0.717) is 5.75 Å². The van der Waals surface area contributed by atoms with Crippen LogP contribution < -0.4 is 21.6 Å². The summed E-state index contributed by atoms with van der Waals surface area (Å²) in [5, 5.41) is 3.58. The van der Waals surface area contributed by atoms with Crippen LogP contribution in [0.1, 0.15) is 0 Å². The summed E-state index contributed by atoms with van der Waals surface area (Å²) in [6.45, 7) is 0. The molecule has 0 aliphatic carbocycles. The number of hydrogen-bond acceptors (Lipinski definition) is 10. The fourth-order valence-electron chi connectivity index (χ4n) is 2.06. The number of nitrogens with one attached hydrogen (secondary N) is 1. The predicted octanol–water partition coefficient (Wildman–Crippen LogP) is 3.52. The Morgan fingerprint density at radius 2 is 1.44 bits per heavy atom. The van der Waals surface area contributed by atoms with Gasteiger partial charge in [0.25, 0.3) is 5.71 Å². The number of carbonyl (C=O) groups is 4. The molecule has 0 heterocycles. The Balaban J connectivity index is 2.26. The minimum absolute atomic E-state index is 0.0603. The van der Waals surface area contributed by atoms with Crippen molar-refractivity contribution in [3.8, 4) is 11.5 Å². The fraction of sp³-hybridized carbons (Fsp3) is 0.0556. The first kappa shape index (κ1) is 24.8. The average Bonchev–Trinajstić information content (AvgIpc) is 2.70. The molecule has 0 saturated carbocycles. The maximum atomic E-state index is 11.8. The number of primary amides is 2. The van der Waals surface area contributed by atoms with Gasteiger partial charge in [0.2, 0.25) is 0 Å². The van der Waals surface area contributed by atoms with E-state index < -0.39 is 29.8 Å². The molecular formula is C18H14Cl2N4O7S. The molecule has 11 nitrogen and oxygen atoms in total. The van der Waals surface area contributed by atoms with Crippen molar-refractivity contribution >= 4 is 70.5 Å². The Bertz CT molecular complexity index is 1040. The van der Waals surface area contributed by atoms with Crippen molar-refractivity contribution in [3.63, 3.8) is 0 Å². The summed E-state index contributed by atoms with van der Waals surface area (Å²) in [6.07, 6.45) is -1.11. The largest absolute Gasteiger partial charge is 0.454 e. The number of anilines is 1. The molecular weight excluding hydrogens is 487 g/mol. The molecule has 0 spiro atoms. The Morgan fingerprint density at radius 1 is 0.938 bits per heavy atom. The van der Waals surface area contributed by atoms with Crippen LogP contribution in [0.3, 0.4) is 0 Å². The van der Waals surface area contributed by atoms with Crippen molar-refractivity contribution in [2.45, 2.75) is 4.90 Å². The molecule has 0 unspecified atom stereocenters. The lowest BCUT2D eigenvalue weighted by molar-refractivity contribution is -0.134. The van der Waals surface area contributed by atoms with Crippen molar-refractivity contribution in [2.75, 3.05) is 11.7 Å². The average molecular weight is 501 g/mol. The lowest BCUT2D eigenvalue weighted by atomic mass is 10.3. The summed E-state index contributed by atoms with van der Waals surface area (Å²) < 4.78 is 13.8. The third kappa shape index (κ3) is 7.04. The number of ether oxygens (including phenoxy) is 3. The normalized spacial score (nSPS) is 9.97. The summed E-state index contributed by atoms with van der Waals surface area (Å²) in [7, 11) is 0. The van der Waals surface area contributed by atoms with E-state index in [1.807, 2.05) is 18.4 Å². The van der Waals surface area contributed by atoms with Crippen LogP contribution in [0, 0.1) is 0 Å². The minimum Gasteiger partial charge on any atom is -0.454 e. The molecule has 2 rings (SSSR count). The van der Waals surface area contributed by atoms with Crippen LogP contribution in [-0.2, 0) is 19.1 Å². The zero-order valence-corrected chi connectivity index (χ0v) is 18.4. The van der Waals surface area contributed by atoms with Gasteiger partial charge in [-0.15, -0.1) is 11.8 Å². The number of amides is 2. The molecule has 0 aliphatic rings. The number of esters is 2. The summed E-state index contributed by atoms with van der Waals surface area (Å²) in [4.78, 5) is 46.2. The van der Waals surface area contributed by atoms with Crippen molar-refractivity contribution in [1.29, 1.82) is 0 Å². The van der Waals surface area contributed by atoms with Crippen molar-refractivity contribution < 1.29 is 33.4 Å². The Morgan fingerprint density at radius 3 is 1.88 bits per heavy atom. The van der Waals surface area contributed by atoms with E-state index in [0.717, 1.165) is 4.90 Å². The molecule has 0 fully saturated rings. The Labute approximate surface area is 194 Å². The number of hydrogen-bond donors (Lipinski definition) is 3. The van der Waals surface area contributed by atoms with Gasteiger partial charge in [-0.05, 0) is 42.7 Å². The van der Waals surface area contributed by atoms with Gasteiger partial charge in [0.1, 0.15) is 5.75 Å². The molecule has 0 aliphatic heterocycles. The lowest BCUT2D eigenvalue weighted by Gasteiger charge is -2.12. The van der Waals surface area contributed by atoms with Crippen LogP contribution in [0.25, 0.3) is 0 Å². The highest BCUT2D eigenvalue weighted by Crippen LogP contribution is 2.39. The number of rotatable bonds is 7. The second-order valence-electron chi connectivity index (χ2n) is 5.54. The van der Waals surface area contributed by atoms with Gasteiger partial charge >= 0.3 is 24.1 Å². The van der Waals surface area contributed by atoms with Gasteiger partial charge in [-0.3, -0.25) is 5.43 Å². The highest BCUT2D eigenvalue weighted by molar-refractivity contribution is 7.98. The van der Waals surface area contributed by atoms with E-state index in [9.17, 15) is 19.2 Å². The third-order valence-electron chi connectivity index (χ3n) is 3.35. The summed E-state index contributed by atoms with van der Waals surface area (Å²) in [5.74, 6) is -2.57. The van der Waals surface area contributed by atoms with Gasteiger partial charge in [-0.2, -0.15) is 5.10 Å². The highest BCUT2D eigenvalue weighted by Gasteiger charge is 2.27. The number of halogens is 2. The van der Waals surface area contributed by atoms with E-state index in [1.165, 1.54) is 12.1 Å². The third-order valence-corrected chi connectivity index (χ3v) is 4.65. The van der Waals surface area contributed by atoms with E-state index in [-0.39, 0.29) is 21.5 Å². The highest BCUT2D eigenvalue weighted by atomic mass is 35.5. The number of nitrogens with zero attached hydrogens (tertiary/aromatic N) is 1. The van der Waals surface area contributed by atoms with Crippen LogP contribution in [0.2, 0.25) is 10.0 Å². The summed E-state index contributed by atoms with van der Waals surface area (Å²) in [5.41, 5.74) is 10.7. The number of nitrogens with two attached hydrogens (primary N) is 2. The van der Waals surface area contributed by atoms with E-state index in [1.54, 1.807) is 23.9 Å². The van der Waals surface area contributed by atoms with E-state index in [4.69, 9.17) is 39.4 Å². The number of thioether (sulfide) groups is 1. The van der Waals surface area contributed by atoms with Gasteiger partial charge in [0.05, 0.1) is 15.7 Å². The topological polar surface area (TPSA) is 172 Å². The number of hydrazone groups is 1. The van der Waals surface area contributed by atoms with Crippen molar-refractivity contribution in [2.24, 2.45) is 16.6 Å². The quantitative estimate of drug-likeness (QED) is 0.169.